The van der Waals surface area contributed by atoms with Gasteiger partial charge in [0, 0.05) is 27.5 Å². The van der Waals surface area contributed by atoms with Gasteiger partial charge >= 0.3 is 0 Å². The first-order valence-electron chi connectivity index (χ1n) is 10.2. The van der Waals surface area contributed by atoms with Crippen LogP contribution in [0.5, 0.6) is 0 Å². The molecule has 3 aromatic heterocycles. The molecule has 0 aliphatic heterocycles. The number of aromatic nitrogens is 5. The summed E-state index contributed by atoms with van der Waals surface area (Å²) in [6.07, 6.45) is 2.59. The first-order chi connectivity index (χ1) is 15.3. The summed E-state index contributed by atoms with van der Waals surface area (Å²) < 4.78 is 30.8. The lowest BCUT2D eigenvalue weighted by Crippen LogP contribution is -2.25. The zero-order valence-electron chi connectivity index (χ0n) is 17.9. The summed E-state index contributed by atoms with van der Waals surface area (Å²) in [6, 6.07) is 12.8. The van der Waals surface area contributed by atoms with Crippen molar-refractivity contribution in [3.8, 4) is 11.3 Å². The second kappa shape index (κ2) is 9.02. The number of fused-ring (bicyclic) bond motifs is 4. The minimum atomic E-state index is -3.61. The zero-order valence-corrected chi connectivity index (χ0v) is 21.1. The number of sulfonamides is 1. The van der Waals surface area contributed by atoms with Gasteiger partial charge in [0.25, 0.3) is 5.78 Å². The Morgan fingerprint density at radius 2 is 1.88 bits per heavy atom. The number of hydrogen-bond donors (Lipinski definition) is 2. The van der Waals surface area contributed by atoms with Gasteiger partial charge in [0.05, 0.1) is 16.8 Å². The van der Waals surface area contributed by atoms with Gasteiger partial charge in [-0.3, -0.25) is 0 Å². The average molecular weight is 550 g/mol. The molecule has 0 bridgehead atoms. The first kappa shape index (κ1) is 23.6. The Bertz CT molecular complexity index is 1560. The molecule has 5 rings (SSSR count). The van der Waals surface area contributed by atoms with Crippen LogP contribution in [0.3, 0.4) is 0 Å². The van der Waals surface area contributed by atoms with E-state index in [2.05, 4.69) is 54.6 Å². The van der Waals surface area contributed by atoms with E-state index in [1.165, 1.54) is 0 Å². The van der Waals surface area contributed by atoms with E-state index in [1.54, 1.807) is 22.7 Å². The molecule has 0 saturated carbocycles. The maximum Gasteiger partial charge on any atom is 0.253 e. The van der Waals surface area contributed by atoms with Gasteiger partial charge in [0.15, 0.2) is 5.65 Å². The zero-order chi connectivity index (χ0) is 22.5. The molecular formula is C22H22BrClN6O2S. The fraction of sp³-hybridized carbons (Fsp3) is 0.227. The van der Waals surface area contributed by atoms with Gasteiger partial charge in [-0.2, -0.15) is 10.1 Å². The molecular weight excluding hydrogens is 528 g/mol. The van der Waals surface area contributed by atoms with Crippen LogP contribution in [0, 0.1) is 5.92 Å². The summed E-state index contributed by atoms with van der Waals surface area (Å²) in [7, 11) is -3.61. The van der Waals surface area contributed by atoms with Crippen LogP contribution in [-0.4, -0.2) is 39.5 Å². The predicted octanol–water partition coefficient (Wildman–Crippen LogP) is 4.93. The SMILES string of the molecule is CC(C)CCNS(=O)(=O)c1ccc2[nH]c3nc4nc(-c5ccc(Br)cc5)cn4nc3c2c1.Cl. The molecule has 0 radical (unpaired) electrons. The third-order valence-corrected chi connectivity index (χ3v) is 7.26. The highest BCUT2D eigenvalue weighted by molar-refractivity contribution is 9.10. The van der Waals surface area contributed by atoms with Gasteiger partial charge in [-0.25, -0.2) is 22.6 Å². The highest BCUT2D eigenvalue weighted by Crippen LogP contribution is 2.27. The quantitative estimate of drug-likeness (QED) is 0.312. The van der Waals surface area contributed by atoms with E-state index in [0.29, 0.717) is 34.8 Å². The number of imidazole rings is 1. The molecule has 0 aliphatic carbocycles. The summed E-state index contributed by atoms with van der Waals surface area (Å²) in [5.41, 5.74) is 3.62. The summed E-state index contributed by atoms with van der Waals surface area (Å²) in [4.78, 5) is 12.6. The Morgan fingerprint density at radius 1 is 1.12 bits per heavy atom. The van der Waals surface area contributed by atoms with Gasteiger partial charge in [-0.05, 0) is 42.7 Å². The Kier molecular flexibility index (Phi) is 6.45. The maximum atomic E-state index is 12.7. The molecule has 11 heteroatoms. The Balaban J connectivity index is 0.00000259. The average Bonchev–Trinajstić information content (AvgIpc) is 3.32. The van der Waals surface area contributed by atoms with Crippen molar-refractivity contribution in [2.75, 3.05) is 6.54 Å². The molecule has 8 nitrogen and oxygen atoms in total. The van der Waals surface area contributed by atoms with Crippen molar-refractivity contribution in [2.24, 2.45) is 5.92 Å². The van der Waals surface area contributed by atoms with Gasteiger partial charge in [0.2, 0.25) is 10.0 Å². The summed E-state index contributed by atoms with van der Waals surface area (Å²) in [5.74, 6) is 0.883. The van der Waals surface area contributed by atoms with Crippen LogP contribution in [0.2, 0.25) is 0 Å². The number of H-pyrrole nitrogens is 1. The standard InChI is InChI=1S/C22H21BrN6O2S.ClH/c1-13(2)9-10-24-32(30,31)16-7-8-18-17(11-16)20-21(25-18)27-22-26-19(12-29(22)28-20)14-3-5-15(23)6-4-14;/h3-8,11-13,24H,9-10H2,1-2H3,(H,25,26,27);1H. The van der Waals surface area contributed by atoms with Crippen LogP contribution in [0.4, 0.5) is 0 Å². The minimum absolute atomic E-state index is 0. The number of benzene rings is 2. The number of hydrogen-bond acceptors (Lipinski definition) is 5. The monoisotopic (exact) mass is 548 g/mol. The molecule has 5 aromatic rings. The van der Waals surface area contributed by atoms with E-state index >= 15 is 0 Å². The number of rotatable bonds is 6. The van der Waals surface area contributed by atoms with Gasteiger partial charge < -0.3 is 4.98 Å². The number of halogens is 2. The first-order valence-corrected chi connectivity index (χ1v) is 12.5. The Labute approximate surface area is 205 Å². The van der Waals surface area contributed by atoms with Crippen LogP contribution < -0.4 is 4.72 Å². The Hall–Kier alpha value is -2.53. The van der Waals surface area contributed by atoms with E-state index in [4.69, 9.17) is 0 Å². The van der Waals surface area contributed by atoms with Crippen molar-refractivity contribution in [2.45, 2.75) is 25.2 Å². The molecule has 0 unspecified atom stereocenters. The lowest BCUT2D eigenvalue weighted by molar-refractivity contribution is 0.551. The summed E-state index contributed by atoms with van der Waals surface area (Å²) in [5, 5.41) is 5.37. The molecule has 0 atom stereocenters. The number of nitrogens with zero attached hydrogens (tertiary/aromatic N) is 4. The third-order valence-electron chi connectivity index (χ3n) is 5.28. The predicted molar refractivity (Wildman–Crippen MR) is 135 cm³/mol. The normalized spacial score (nSPS) is 12.1. The number of nitrogens with one attached hydrogen (secondary N) is 2. The van der Waals surface area contributed by atoms with E-state index in [1.807, 2.05) is 30.5 Å². The van der Waals surface area contributed by atoms with Crippen molar-refractivity contribution in [1.82, 2.24) is 29.3 Å². The number of aromatic amines is 1. The van der Waals surface area contributed by atoms with Crippen LogP contribution in [0.1, 0.15) is 20.3 Å². The Morgan fingerprint density at radius 3 is 2.61 bits per heavy atom. The molecule has 33 heavy (non-hydrogen) atoms. The maximum absolute atomic E-state index is 12.7. The van der Waals surface area contributed by atoms with Crippen LogP contribution in [-0.2, 0) is 10.0 Å². The topological polar surface area (TPSA) is 105 Å². The molecule has 2 aromatic carbocycles. The highest BCUT2D eigenvalue weighted by Gasteiger charge is 2.18. The molecule has 0 aliphatic rings. The highest BCUT2D eigenvalue weighted by atomic mass is 79.9. The fourth-order valence-electron chi connectivity index (χ4n) is 3.54. The molecule has 0 amide bonds. The van der Waals surface area contributed by atoms with Crippen molar-refractivity contribution >= 4 is 66.2 Å². The van der Waals surface area contributed by atoms with Crippen molar-refractivity contribution in [1.29, 1.82) is 0 Å². The van der Waals surface area contributed by atoms with E-state index in [-0.39, 0.29) is 17.3 Å². The second-order valence-electron chi connectivity index (χ2n) is 8.10. The van der Waals surface area contributed by atoms with Crippen LogP contribution in [0.25, 0.3) is 39.1 Å². The summed E-state index contributed by atoms with van der Waals surface area (Å²) in [6.45, 7) is 4.52. The third kappa shape index (κ3) is 4.61. The van der Waals surface area contributed by atoms with Crippen LogP contribution >= 0.6 is 28.3 Å². The molecule has 172 valence electrons. The van der Waals surface area contributed by atoms with Gasteiger partial charge in [-0.15, -0.1) is 12.4 Å². The molecule has 0 spiro atoms. The fourth-order valence-corrected chi connectivity index (χ4v) is 4.87. The molecule has 0 saturated heterocycles. The summed E-state index contributed by atoms with van der Waals surface area (Å²) >= 11 is 3.44. The van der Waals surface area contributed by atoms with E-state index in [9.17, 15) is 8.42 Å². The van der Waals surface area contributed by atoms with Crippen molar-refractivity contribution in [3.63, 3.8) is 0 Å². The minimum Gasteiger partial charge on any atom is -0.338 e. The smallest absolute Gasteiger partial charge is 0.253 e. The molecule has 3 heterocycles. The van der Waals surface area contributed by atoms with E-state index in [0.717, 1.165) is 27.7 Å². The lowest BCUT2D eigenvalue weighted by Gasteiger charge is -2.08. The van der Waals surface area contributed by atoms with Crippen molar-refractivity contribution < 1.29 is 8.42 Å². The largest absolute Gasteiger partial charge is 0.338 e. The van der Waals surface area contributed by atoms with Crippen LogP contribution in [0.15, 0.2) is 58.0 Å². The van der Waals surface area contributed by atoms with E-state index < -0.39 is 10.0 Å². The molecule has 2 N–H and O–H groups in total. The lowest BCUT2D eigenvalue weighted by atomic mass is 10.1. The second-order valence-corrected chi connectivity index (χ2v) is 10.8. The van der Waals surface area contributed by atoms with Crippen molar-refractivity contribution in [3.05, 3.63) is 53.1 Å². The van der Waals surface area contributed by atoms with Gasteiger partial charge in [0.1, 0.15) is 5.52 Å². The van der Waals surface area contributed by atoms with Gasteiger partial charge in [-0.1, -0.05) is 41.9 Å². The molecule has 0 fully saturated rings.